The lowest BCUT2D eigenvalue weighted by Crippen LogP contribution is -3.13. The van der Waals surface area contributed by atoms with E-state index in [1.807, 2.05) is 34.7 Å². The van der Waals surface area contributed by atoms with Gasteiger partial charge < -0.3 is 97.2 Å². The lowest BCUT2D eigenvalue weighted by molar-refractivity contribution is -0.929. The van der Waals surface area contributed by atoms with Crippen molar-refractivity contribution >= 4 is 23.9 Å². The van der Waals surface area contributed by atoms with Gasteiger partial charge >= 0.3 is 23.9 Å². The van der Waals surface area contributed by atoms with Gasteiger partial charge in [0.15, 0.2) is 0 Å². The number of aliphatic hydroxyl groups is 2. The fraction of sp³-hybridized carbons (Fsp3) is 0.846. The number of esters is 4. The van der Waals surface area contributed by atoms with Crippen molar-refractivity contribution in [2.75, 3.05) is 145 Å². The molecule has 0 amide bonds. The number of carbonyl (C=O) groups excluding carboxylic acids is 4. The van der Waals surface area contributed by atoms with Crippen LogP contribution in [0.25, 0.3) is 0 Å². The van der Waals surface area contributed by atoms with Gasteiger partial charge in [0, 0.05) is 18.5 Å². The van der Waals surface area contributed by atoms with E-state index in [4.69, 9.17) is 33.2 Å². The summed E-state index contributed by atoms with van der Waals surface area (Å²) in [5.74, 6) is 0.173. The van der Waals surface area contributed by atoms with Crippen LogP contribution in [0.3, 0.4) is 0 Å². The molecule has 0 saturated carbocycles. The Hall–Kier alpha value is -2.52. The standard InChI is InChI=1S/C14H28NO4.C12H24NO4.C12H23NO3.C10H20N2O2.4CH3/c1-4-6-15(7-5-14(17)18-9-8-15)10-13(16)11-19-12(2)3;1-10(2)17-9-11(14)8-13(3)5-4-12(15)16-7-6-13;1-10(2)16-9-11(3)8-13-5-4-12(14)15-7-6-13;1-9(2)11-4-6-12-5-3-10(13)14-8-7-12;;;;/h12-13,16H,4-11H2,1-3H3;10-11,14H,4-9H2,1-3H3;10-11H,4-9H2,1-3H3;9,11H,3-8H2,1-2H3;4*1H3/q2*+1;;;4*-1/p+2. The van der Waals surface area contributed by atoms with Gasteiger partial charge in [0.2, 0.25) is 0 Å². The molecule has 4 saturated heterocycles. The molecule has 4 aliphatic heterocycles. The fourth-order valence-electron chi connectivity index (χ4n) is 8.08. The average molecular weight is 1010 g/mol. The summed E-state index contributed by atoms with van der Waals surface area (Å²) < 4.78 is 38.0. The molecular formula is C52H109N5O13. The van der Waals surface area contributed by atoms with Crippen LogP contribution in [-0.4, -0.2) is 225 Å². The van der Waals surface area contributed by atoms with Gasteiger partial charge in [-0.05, 0) is 48.0 Å². The molecule has 4 rings (SSSR count). The lowest BCUT2D eigenvalue weighted by Gasteiger charge is -2.38. The van der Waals surface area contributed by atoms with Gasteiger partial charge in [0.05, 0.1) is 117 Å². The number of ether oxygens (including phenoxy) is 7. The molecular weight excluding hydrogens is 903 g/mol. The Kier molecular flexibility index (Phi) is 44.3. The fourth-order valence-corrected chi connectivity index (χ4v) is 8.08. The molecule has 0 bridgehead atoms. The Morgan fingerprint density at radius 2 is 1.01 bits per heavy atom. The third-order valence-electron chi connectivity index (χ3n) is 11.7. The highest BCUT2D eigenvalue weighted by atomic mass is 16.5. The quantitative estimate of drug-likeness (QED) is 0.0482. The summed E-state index contributed by atoms with van der Waals surface area (Å²) in [5, 5.41) is 23.4. The molecule has 7 unspecified atom stereocenters. The summed E-state index contributed by atoms with van der Waals surface area (Å²) in [4.78, 5) is 47.4. The van der Waals surface area contributed by atoms with Crippen molar-refractivity contribution in [3.05, 3.63) is 29.7 Å². The monoisotopic (exact) mass is 1010 g/mol. The molecule has 70 heavy (non-hydrogen) atoms. The first-order valence-corrected chi connectivity index (χ1v) is 25.1. The predicted octanol–water partition coefficient (Wildman–Crippen LogP) is 1.61. The predicted molar refractivity (Wildman–Crippen MR) is 277 cm³/mol. The van der Waals surface area contributed by atoms with Gasteiger partial charge in [-0.15, -0.1) is 0 Å². The smallest absolute Gasteiger partial charge is 0.311 e. The molecule has 0 aromatic heterocycles. The van der Waals surface area contributed by atoms with Crippen molar-refractivity contribution in [2.45, 2.75) is 138 Å². The number of aliphatic hydroxyl groups excluding tert-OH is 2. The highest BCUT2D eigenvalue weighted by Gasteiger charge is 2.34. The van der Waals surface area contributed by atoms with E-state index in [1.165, 1.54) is 9.80 Å². The number of nitrogens with one attached hydrogen (secondary N) is 3. The molecule has 4 heterocycles. The number of nitrogens with zero attached hydrogens (tertiary/aromatic N) is 2. The highest BCUT2D eigenvalue weighted by Crippen LogP contribution is 2.16. The van der Waals surface area contributed by atoms with Crippen LogP contribution < -0.4 is 15.1 Å². The Bertz CT molecular complexity index is 1330. The van der Waals surface area contributed by atoms with E-state index in [-0.39, 0.29) is 65.8 Å². The van der Waals surface area contributed by atoms with Gasteiger partial charge in [-0.25, -0.2) is 0 Å². The highest BCUT2D eigenvalue weighted by molar-refractivity contribution is 5.70. The van der Waals surface area contributed by atoms with Crippen molar-refractivity contribution in [3.8, 4) is 0 Å². The van der Waals surface area contributed by atoms with Gasteiger partial charge in [-0.3, -0.25) is 19.2 Å². The van der Waals surface area contributed by atoms with Gasteiger partial charge in [0.25, 0.3) is 0 Å². The molecule has 0 radical (unpaired) electrons. The van der Waals surface area contributed by atoms with Crippen LogP contribution in [0.15, 0.2) is 0 Å². The van der Waals surface area contributed by atoms with E-state index < -0.39 is 12.2 Å². The Balaban J connectivity index is -0.000000409. The minimum atomic E-state index is -0.490. The van der Waals surface area contributed by atoms with E-state index in [1.54, 1.807) is 0 Å². The van der Waals surface area contributed by atoms with E-state index >= 15 is 0 Å². The van der Waals surface area contributed by atoms with E-state index in [0.29, 0.717) is 101 Å². The number of cyclic esters (lactones) is 4. The van der Waals surface area contributed by atoms with Crippen molar-refractivity contribution in [1.29, 1.82) is 0 Å². The number of likely N-dealkylation sites (N-methyl/N-ethyl adjacent to an activating group) is 1. The third kappa shape index (κ3) is 38.1. The Labute approximate surface area is 427 Å². The Morgan fingerprint density at radius 3 is 1.53 bits per heavy atom. The summed E-state index contributed by atoms with van der Waals surface area (Å²) in [5.41, 5.74) is 0. The molecule has 0 aliphatic carbocycles. The van der Waals surface area contributed by atoms with Crippen LogP contribution in [0.5, 0.6) is 0 Å². The molecule has 0 aromatic rings. The molecule has 18 heteroatoms. The van der Waals surface area contributed by atoms with E-state index in [2.05, 4.69) is 46.9 Å². The molecule has 420 valence electrons. The first kappa shape index (κ1) is 74.0. The zero-order chi connectivity index (χ0) is 49.5. The molecule has 0 spiro atoms. The summed E-state index contributed by atoms with van der Waals surface area (Å²) in [6.07, 6.45) is 2.60. The second kappa shape index (κ2) is 41.9. The average Bonchev–Trinajstić information content (AvgIpc) is 3.73. The van der Waals surface area contributed by atoms with E-state index in [0.717, 1.165) is 96.0 Å². The summed E-state index contributed by atoms with van der Waals surface area (Å²) in [6, 6.07) is 0.541. The second-order valence-corrected chi connectivity index (χ2v) is 19.9. The second-order valence-electron chi connectivity index (χ2n) is 19.9. The van der Waals surface area contributed by atoms with Crippen molar-refractivity contribution in [2.24, 2.45) is 5.92 Å². The molecule has 4 aliphatic rings. The van der Waals surface area contributed by atoms with Gasteiger partial charge in [-0.1, -0.05) is 27.7 Å². The number of rotatable bonds is 21. The minimum Gasteiger partial charge on any atom is -0.460 e. The molecule has 4 fully saturated rings. The zero-order valence-corrected chi connectivity index (χ0v) is 47.2. The number of quaternary nitrogens is 4. The van der Waals surface area contributed by atoms with Crippen LogP contribution in [0.1, 0.15) is 101 Å². The maximum Gasteiger partial charge on any atom is 0.311 e. The number of carbonyl (C=O) groups is 4. The van der Waals surface area contributed by atoms with Crippen LogP contribution in [-0.2, 0) is 52.3 Å². The first-order chi connectivity index (χ1) is 31.1. The SMILES string of the molecule is CC(C)NCC[NH+]1CCOC(=O)CC1.CC(C)OCC(O)C[N+]1(C)CCOC(=O)CC1.CC(COC(C)C)C[NH+]1CCOC(=O)CC1.CCC[N+]1(CC(O)COC(C)C)CCOC(=O)CC1.[CH3-].[CH3-].[CH3-].[CH3-]. The molecule has 5 N–H and O–H groups in total. The molecule has 0 aromatic carbocycles. The van der Waals surface area contributed by atoms with E-state index in [9.17, 15) is 29.4 Å². The number of hydrogen-bond donors (Lipinski definition) is 5. The summed E-state index contributed by atoms with van der Waals surface area (Å²) in [7, 11) is 2.04. The molecule has 7 atom stereocenters. The van der Waals surface area contributed by atoms with Crippen molar-refractivity contribution in [1.82, 2.24) is 5.32 Å². The Morgan fingerprint density at radius 1 is 0.571 bits per heavy atom. The van der Waals surface area contributed by atoms with Crippen LogP contribution in [0, 0.1) is 35.6 Å². The van der Waals surface area contributed by atoms with Crippen LogP contribution in [0.2, 0.25) is 0 Å². The van der Waals surface area contributed by atoms with Crippen molar-refractivity contribution in [3.63, 3.8) is 0 Å². The zero-order valence-electron chi connectivity index (χ0n) is 47.2. The van der Waals surface area contributed by atoms with Crippen molar-refractivity contribution < 1.29 is 81.3 Å². The summed E-state index contributed by atoms with van der Waals surface area (Å²) >= 11 is 0. The largest absolute Gasteiger partial charge is 0.460 e. The maximum atomic E-state index is 11.4. The first-order valence-electron chi connectivity index (χ1n) is 25.1. The van der Waals surface area contributed by atoms with Gasteiger partial charge in [-0.2, -0.15) is 0 Å². The third-order valence-corrected chi connectivity index (χ3v) is 11.7. The van der Waals surface area contributed by atoms with Crippen LogP contribution >= 0.6 is 0 Å². The summed E-state index contributed by atoms with van der Waals surface area (Å²) in [6.45, 7) is 36.1. The number of hydrogen-bond acceptors (Lipinski definition) is 14. The lowest BCUT2D eigenvalue weighted by atomic mass is 10.2. The topological polar surface area (TPSA) is 194 Å². The van der Waals surface area contributed by atoms with Crippen LogP contribution in [0.4, 0.5) is 0 Å². The molecule has 18 nitrogen and oxygen atoms in total. The van der Waals surface area contributed by atoms with Gasteiger partial charge in [0.1, 0.15) is 77.9 Å². The maximum absolute atomic E-state index is 11.4. The normalized spacial score (nSPS) is 24.0. The minimum absolute atomic E-state index is 0.